The van der Waals surface area contributed by atoms with Gasteiger partial charge in [0.15, 0.2) is 11.8 Å². The van der Waals surface area contributed by atoms with Gasteiger partial charge in [0.05, 0.1) is 0 Å². The Morgan fingerprint density at radius 2 is 2.03 bits per heavy atom. The van der Waals surface area contributed by atoms with Crippen LogP contribution >= 0.6 is 35.3 Å². The summed E-state index contributed by atoms with van der Waals surface area (Å²) in [5, 5.41) is 27.1. The number of aromatic nitrogens is 3. The highest BCUT2D eigenvalue weighted by Crippen LogP contribution is 2.29. The average Bonchev–Trinajstić information content (AvgIpc) is 3.34. The third-order valence-corrected chi connectivity index (χ3v) is 6.96. The summed E-state index contributed by atoms with van der Waals surface area (Å²) >= 11 is 1.64. The number of aryl methyl sites for hydroxylation is 1. The number of guanidine groups is 1. The van der Waals surface area contributed by atoms with Gasteiger partial charge in [-0.05, 0) is 37.3 Å². The molecule has 2 aromatic heterocycles. The number of aliphatic hydroxyl groups excluding tert-OH is 1. The van der Waals surface area contributed by atoms with E-state index in [0.717, 1.165) is 35.3 Å². The molecule has 1 atom stereocenters. The summed E-state index contributed by atoms with van der Waals surface area (Å²) in [4.78, 5) is 5.70. The monoisotopic (exact) mass is 554 g/mol. The zero-order valence-corrected chi connectivity index (χ0v) is 21.2. The summed E-state index contributed by atoms with van der Waals surface area (Å²) in [7, 11) is 1.95. The van der Waals surface area contributed by atoms with E-state index in [0.29, 0.717) is 19.1 Å². The van der Waals surface area contributed by atoms with Gasteiger partial charge in [-0.25, -0.2) is 4.99 Å². The minimum absolute atomic E-state index is 0. The maximum absolute atomic E-state index is 10.7. The molecule has 0 radical (unpaired) electrons. The smallest absolute Gasteiger partial charge is 0.192 e. The predicted molar refractivity (Wildman–Crippen MR) is 137 cm³/mol. The van der Waals surface area contributed by atoms with Crippen molar-refractivity contribution in [3.8, 4) is 0 Å². The van der Waals surface area contributed by atoms with Crippen molar-refractivity contribution in [2.45, 2.75) is 57.7 Å². The van der Waals surface area contributed by atoms with Crippen molar-refractivity contribution in [3.05, 3.63) is 46.9 Å². The number of aliphatic imine (C=N–C) groups is 1. The first kappa shape index (κ1) is 23.9. The number of benzene rings is 1. The van der Waals surface area contributed by atoms with E-state index >= 15 is 0 Å². The number of thiophene rings is 1. The van der Waals surface area contributed by atoms with E-state index in [1.807, 2.05) is 30.7 Å². The molecule has 31 heavy (non-hydrogen) atoms. The van der Waals surface area contributed by atoms with Crippen molar-refractivity contribution in [1.29, 1.82) is 0 Å². The molecule has 4 rings (SSSR count). The van der Waals surface area contributed by atoms with Crippen LogP contribution in [0.15, 0.2) is 35.3 Å². The highest BCUT2D eigenvalue weighted by molar-refractivity contribution is 14.0. The number of fused-ring (bicyclic) bond motifs is 1. The summed E-state index contributed by atoms with van der Waals surface area (Å²) in [6.45, 7) is 2.78. The fourth-order valence-corrected chi connectivity index (χ4v) is 4.84. The van der Waals surface area contributed by atoms with Crippen LogP contribution < -0.4 is 10.6 Å². The Labute approximate surface area is 204 Å². The molecule has 3 aromatic rings. The molecule has 1 unspecified atom stereocenters. The Hall–Kier alpha value is -1.72. The fraction of sp³-hybridized carbons (Fsp3) is 0.500. The van der Waals surface area contributed by atoms with Crippen LogP contribution in [0.2, 0.25) is 0 Å². The quantitative estimate of drug-likeness (QED) is 0.243. The zero-order chi connectivity index (χ0) is 20.9. The second kappa shape index (κ2) is 11.2. The minimum Gasteiger partial charge on any atom is -0.386 e. The van der Waals surface area contributed by atoms with Gasteiger partial charge < -0.3 is 20.3 Å². The molecule has 1 aromatic carbocycles. The van der Waals surface area contributed by atoms with E-state index in [2.05, 4.69) is 39.0 Å². The Morgan fingerprint density at radius 3 is 2.74 bits per heavy atom. The molecule has 0 aliphatic heterocycles. The van der Waals surface area contributed by atoms with Crippen molar-refractivity contribution in [2.75, 3.05) is 6.54 Å². The van der Waals surface area contributed by atoms with Crippen LogP contribution in [-0.2, 0) is 13.6 Å². The number of hydrogen-bond donors (Lipinski definition) is 3. The number of rotatable bonds is 6. The molecule has 1 fully saturated rings. The van der Waals surface area contributed by atoms with Gasteiger partial charge in [-0.15, -0.1) is 45.5 Å². The summed E-state index contributed by atoms with van der Waals surface area (Å²) in [6, 6.07) is 10.7. The maximum Gasteiger partial charge on any atom is 0.192 e. The first-order chi connectivity index (χ1) is 14.6. The van der Waals surface area contributed by atoms with Crippen LogP contribution in [0.25, 0.3) is 10.1 Å². The topological polar surface area (TPSA) is 87.4 Å². The molecule has 1 saturated carbocycles. The zero-order valence-electron chi connectivity index (χ0n) is 18.0. The fourth-order valence-electron chi connectivity index (χ4n) is 3.79. The predicted octanol–water partition coefficient (Wildman–Crippen LogP) is 4.06. The van der Waals surface area contributed by atoms with Gasteiger partial charge in [0.1, 0.15) is 18.5 Å². The van der Waals surface area contributed by atoms with Crippen molar-refractivity contribution >= 4 is 51.4 Å². The van der Waals surface area contributed by atoms with Crippen molar-refractivity contribution < 1.29 is 5.11 Å². The number of hydrogen-bond acceptors (Lipinski definition) is 5. The van der Waals surface area contributed by atoms with Crippen LogP contribution in [0.5, 0.6) is 0 Å². The molecule has 1 aliphatic carbocycles. The van der Waals surface area contributed by atoms with Crippen LogP contribution in [0, 0.1) is 6.92 Å². The lowest BCUT2D eigenvalue weighted by atomic mass is 9.96. The maximum atomic E-state index is 10.7. The van der Waals surface area contributed by atoms with E-state index in [1.54, 1.807) is 11.3 Å². The summed E-state index contributed by atoms with van der Waals surface area (Å²) < 4.78 is 3.15. The van der Waals surface area contributed by atoms with Crippen LogP contribution in [0.3, 0.4) is 0 Å². The van der Waals surface area contributed by atoms with E-state index < -0.39 is 6.10 Å². The van der Waals surface area contributed by atoms with Crippen molar-refractivity contribution in [3.63, 3.8) is 0 Å². The molecular weight excluding hydrogens is 523 g/mol. The largest absolute Gasteiger partial charge is 0.386 e. The first-order valence-electron chi connectivity index (χ1n) is 10.7. The third kappa shape index (κ3) is 6.17. The highest BCUT2D eigenvalue weighted by atomic mass is 127. The molecule has 0 bridgehead atoms. The van der Waals surface area contributed by atoms with Gasteiger partial charge >= 0.3 is 0 Å². The van der Waals surface area contributed by atoms with Gasteiger partial charge in [0.25, 0.3) is 0 Å². The van der Waals surface area contributed by atoms with E-state index in [4.69, 9.17) is 4.99 Å². The molecule has 1 aliphatic rings. The number of nitrogens with zero attached hydrogens (tertiary/aromatic N) is 4. The molecule has 168 valence electrons. The van der Waals surface area contributed by atoms with Crippen LogP contribution in [-0.4, -0.2) is 38.4 Å². The SMILES string of the molecule is Cc1nnc(CN=C(NCC(O)c2cc3ccccc3s2)NC2CCCCC2)n1C.I. The number of aliphatic hydroxyl groups is 1. The second-order valence-corrected chi connectivity index (χ2v) is 9.07. The Bertz CT molecular complexity index is 978. The lowest BCUT2D eigenvalue weighted by molar-refractivity contribution is 0.184. The lowest BCUT2D eigenvalue weighted by Gasteiger charge is -2.25. The molecule has 7 nitrogen and oxygen atoms in total. The Morgan fingerprint density at radius 1 is 1.26 bits per heavy atom. The van der Waals surface area contributed by atoms with Gasteiger partial charge in [-0.2, -0.15) is 0 Å². The van der Waals surface area contributed by atoms with E-state index in [1.165, 1.54) is 29.3 Å². The number of halogens is 1. The molecule has 3 N–H and O–H groups in total. The van der Waals surface area contributed by atoms with E-state index in [-0.39, 0.29) is 24.0 Å². The second-order valence-electron chi connectivity index (χ2n) is 7.95. The normalized spacial score (nSPS) is 16.2. The first-order valence-corrected chi connectivity index (χ1v) is 11.5. The summed E-state index contributed by atoms with van der Waals surface area (Å²) in [6.07, 6.45) is 5.53. The number of nitrogens with one attached hydrogen (secondary N) is 2. The Kier molecular flexibility index (Phi) is 8.67. The lowest BCUT2D eigenvalue weighted by Crippen LogP contribution is -2.45. The molecule has 0 amide bonds. The standard InChI is InChI=1S/C22H30N6OS.HI/c1-15-26-27-21(28(15)2)14-24-22(25-17-9-4-3-5-10-17)23-13-18(29)20-12-16-8-6-7-11-19(16)30-20;/h6-8,11-12,17-18,29H,3-5,9-10,13-14H2,1-2H3,(H2,23,24,25);1H. The molecule has 0 saturated heterocycles. The van der Waals surface area contributed by atoms with Gasteiger partial charge in [0, 0.05) is 29.2 Å². The third-order valence-electron chi connectivity index (χ3n) is 5.74. The Balaban J connectivity index is 0.00000272. The van der Waals surface area contributed by atoms with Gasteiger partial charge in [-0.3, -0.25) is 0 Å². The summed E-state index contributed by atoms with van der Waals surface area (Å²) in [5.41, 5.74) is 0. The van der Waals surface area contributed by atoms with Crippen molar-refractivity contribution in [1.82, 2.24) is 25.4 Å². The van der Waals surface area contributed by atoms with Gasteiger partial charge in [0.2, 0.25) is 0 Å². The highest BCUT2D eigenvalue weighted by Gasteiger charge is 2.17. The molecule has 9 heteroatoms. The minimum atomic E-state index is -0.585. The van der Waals surface area contributed by atoms with E-state index in [9.17, 15) is 5.11 Å². The average molecular weight is 555 g/mol. The molecule has 0 spiro atoms. The van der Waals surface area contributed by atoms with Crippen molar-refractivity contribution in [2.24, 2.45) is 12.0 Å². The molecule has 2 heterocycles. The molecular formula is C22H31IN6OS. The van der Waals surface area contributed by atoms with Crippen LogP contribution in [0.1, 0.15) is 54.7 Å². The summed E-state index contributed by atoms with van der Waals surface area (Å²) in [5.74, 6) is 2.42. The van der Waals surface area contributed by atoms with Gasteiger partial charge in [-0.1, -0.05) is 37.5 Å². The van der Waals surface area contributed by atoms with Crippen LogP contribution in [0.4, 0.5) is 0 Å².